The zero-order valence-electron chi connectivity index (χ0n) is 15.7. The first-order valence-electron chi connectivity index (χ1n) is 9.32. The van der Waals surface area contributed by atoms with Gasteiger partial charge in [-0.3, -0.25) is 0 Å². The second kappa shape index (κ2) is 7.16. The zero-order valence-corrected chi connectivity index (χ0v) is 15.7. The largest absolute Gasteiger partial charge is 0.378 e. The Morgan fingerprint density at radius 1 is 1.07 bits per heavy atom. The molecule has 1 aliphatic heterocycles. The Balaban J connectivity index is 1.88. The molecular weight excluding hydrogens is 334 g/mol. The molecule has 0 spiro atoms. The fourth-order valence-corrected chi connectivity index (χ4v) is 3.58. The average Bonchev–Trinajstić information content (AvgIpc) is 2.88. The van der Waals surface area contributed by atoms with Gasteiger partial charge in [-0.15, -0.1) is 0 Å². The molecule has 2 heterocycles. The smallest absolute Gasteiger partial charge is 0.133 e. The lowest BCUT2D eigenvalue weighted by atomic mass is 10.0. The number of benzene rings is 2. The molecule has 0 saturated carbocycles. The van der Waals surface area contributed by atoms with Crippen LogP contribution in [0.5, 0.6) is 0 Å². The third-order valence-corrected chi connectivity index (χ3v) is 5.04. The van der Waals surface area contributed by atoms with E-state index < -0.39 is 0 Å². The number of rotatable bonds is 3. The molecule has 1 aromatic heterocycles. The molecule has 0 fully saturated rings. The summed E-state index contributed by atoms with van der Waals surface area (Å²) < 4.78 is 1.91. The highest BCUT2D eigenvalue weighted by Gasteiger charge is 2.22. The second-order valence-electron chi connectivity index (χ2n) is 7.04. The van der Waals surface area contributed by atoms with Crippen LogP contribution < -0.4 is 10.2 Å². The summed E-state index contributed by atoms with van der Waals surface area (Å²) in [7, 11) is 4.08. The molecule has 1 N–H and O–H groups in total. The molecule has 2 aromatic carbocycles. The Morgan fingerprint density at radius 2 is 1.85 bits per heavy atom. The molecule has 5 nitrogen and oxygen atoms in total. The fraction of sp³-hybridized carbons (Fsp3) is 0.273. The van der Waals surface area contributed by atoms with Gasteiger partial charge >= 0.3 is 0 Å². The van der Waals surface area contributed by atoms with Crippen molar-refractivity contribution in [2.75, 3.05) is 30.9 Å². The van der Waals surface area contributed by atoms with Crippen molar-refractivity contribution < 1.29 is 0 Å². The maximum atomic E-state index is 9.53. The molecule has 0 amide bonds. The molecule has 4 rings (SSSR count). The van der Waals surface area contributed by atoms with Crippen molar-refractivity contribution in [2.45, 2.75) is 19.3 Å². The standard InChI is InChI=1S/C22H23N5/c1-26(2)18-12-10-16(11-13-18)21-19-8-5-6-14-24-22(19)27(25-21)20-9-4-3-7-17(20)15-23/h3-4,7,9-13,24H,5-6,8,14H2,1-2H3. The van der Waals surface area contributed by atoms with Crippen LogP contribution in [0.2, 0.25) is 0 Å². The first kappa shape index (κ1) is 17.2. The van der Waals surface area contributed by atoms with Gasteiger partial charge in [0.05, 0.1) is 16.9 Å². The summed E-state index contributed by atoms with van der Waals surface area (Å²) in [6, 6.07) is 18.4. The summed E-state index contributed by atoms with van der Waals surface area (Å²) >= 11 is 0. The van der Waals surface area contributed by atoms with Crippen molar-refractivity contribution in [1.82, 2.24) is 9.78 Å². The molecule has 0 aliphatic carbocycles. The van der Waals surface area contributed by atoms with Gasteiger partial charge in [-0.05, 0) is 43.5 Å². The van der Waals surface area contributed by atoms with Gasteiger partial charge in [-0.2, -0.15) is 10.4 Å². The molecule has 0 saturated heterocycles. The van der Waals surface area contributed by atoms with Gasteiger partial charge in [-0.25, -0.2) is 4.68 Å². The van der Waals surface area contributed by atoms with E-state index in [2.05, 4.69) is 40.6 Å². The summed E-state index contributed by atoms with van der Waals surface area (Å²) in [5.74, 6) is 1.02. The van der Waals surface area contributed by atoms with Gasteiger partial charge in [0.1, 0.15) is 11.9 Å². The van der Waals surface area contributed by atoms with Crippen molar-refractivity contribution in [3.63, 3.8) is 0 Å². The Labute approximate surface area is 159 Å². The number of aromatic nitrogens is 2. The predicted octanol–water partition coefficient (Wildman–Crippen LogP) is 4.23. The summed E-state index contributed by atoms with van der Waals surface area (Å²) in [6.07, 6.45) is 3.25. The topological polar surface area (TPSA) is 56.9 Å². The normalized spacial score (nSPS) is 13.2. The molecule has 27 heavy (non-hydrogen) atoms. The van der Waals surface area contributed by atoms with E-state index in [9.17, 15) is 5.26 Å². The van der Waals surface area contributed by atoms with Crippen LogP contribution in [0.3, 0.4) is 0 Å². The van der Waals surface area contributed by atoms with Crippen LogP contribution in [-0.4, -0.2) is 30.4 Å². The molecular formula is C22H23N5. The Bertz CT molecular complexity index is 993. The van der Waals surface area contributed by atoms with E-state index in [0.29, 0.717) is 5.56 Å². The quantitative estimate of drug-likeness (QED) is 0.762. The van der Waals surface area contributed by atoms with Gasteiger partial charge in [0.15, 0.2) is 0 Å². The maximum Gasteiger partial charge on any atom is 0.133 e. The number of para-hydroxylation sites is 1. The molecule has 1 aliphatic rings. The zero-order chi connectivity index (χ0) is 18.8. The fourth-order valence-electron chi connectivity index (χ4n) is 3.58. The molecule has 0 unspecified atom stereocenters. The van der Waals surface area contributed by atoms with E-state index in [4.69, 9.17) is 5.10 Å². The number of hydrogen-bond donors (Lipinski definition) is 1. The predicted molar refractivity (Wildman–Crippen MR) is 109 cm³/mol. The summed E-state index contributed by atoms with van der Waals surface area (Å²) in [5, 5.41) is 18.0. The lowest BCUT2D eigenvalue weighted by molar-refractivity contribution is 0.780. The van der Waals surface area contributed by atoms with Crippen LogP contribution in [-0.2, 0) is 6.42 Å². The number of nitrogens with zero attached hydrogens (tertiary/aromatic N) is 4. The third-order valence-electron chi connectivity index (χ3n) is 5.04. The monoisotopic (exact) mass is 357 g/mol. The van der Waals surface area contributed by atoms with Gasteiger partial charge in [0, 0.05) is 37.5 Å². The first-order valence-corrected chi connectivity index (χ1v) is 9.32. The van der Waals surface area contributed by atoms with Gasteiger partial charge in [0.2, 0.25) is 0 Å². The van der Waals surface area contributed by atoms with Crippen LogP contribution >= 0.6 is 0 Å². The summed E-state index contributed by atoms with van der Waals surface area (Å²) in [5.41, 5.74) is 5.95. The van der Waals surface area contributed by atoms with Crippen LogP contribution in [0.1, 0.15) is 24.0 Å². The molecule has 0 atom stereocenters. The second-order valence-corrected chi connectivity index (χ2v) is 7.04. The maximum absolute atomic E-state index is 9.53. The minimum Gasteiger partial charge on any atom is -0.378 e. The lowest BCUT2D eigenvalue weighted by Crippen LogP contribution is -2.08. The third kappa shape index (κ3) is 3.15. The lowest BCUT2D eigenvalue weighted by Gasteiger charge is -2.12. The molecule has 5 heteroatoms. The number of hydrogen-bond acceptors (Lipinski definition) is 4. The van der Waals surface area contributed by atoms with E-state index in [1.807, 2.05) is 43.0 Å². The van der Waals surface area contributed by atoms with Crippen LogP contribution in [0.15, 0.2) is 48.5 Å². The average molecular weight is 357 g/mol. The molecule has 0 radical (unpaired) electrons. The van der Waals surface area contributed by atoms with E-state index in [1.54, 1.807) is 0 Å². The Morgan fingerprint density at radius 3 is 2.59 bits per heavy atom. The van der Waals surface area contributed by atoms with E-state index in [0.717, 1.165) is 54.3 Å². The van der Waals surface area contributed by atoms with Crippen molar-refractivity contribution >= 4 is 11.5 Å². The molecule has 0 bridgehead atoms. The van der Waals surface area contributed by atoms with E-state index in [-0.39, 0.29) is 0 Å². The molecule has 136 valence electrons. The Hall–Kier alpha value is -3.26. The van der Waals surface area contributed by atoms with Crippen molar-refractivity contribution in [1.29, 1.82) is 5.26 Å². The highest BCUT2D eigenvalue weighted by atomic mass is 15.3. The highest BCUT2D eigenvalue weighted by molar-refractivity contribution is 5.73. The van der Waals surface area contributed by atoms with Crippen LogP contribution in [0.4, 0.5) is 11.5 Å². The summed E-state index contributed by atoms with van der Waals surface area (Å²) in [6.45, 7) is 0.923. The van der Waals surface area contributed by atoms with Crippen molar-refractivity contribution in [3.8, 4) is 23.0 Å². The number of anilines is 2. The number of nitriles is 1. The minimum absolute atomic E-state index is 0.628. The van der Waals surface area contributed by atoms with Gasteiger partial charge in [-0.1, -0.05) is 24.3 Å². The van der Waals surface area contributed by atoms with Crippen molar-refractivity contribution in [2.24, 2.45) is 0 Å². The van der Waals surface area contributed by atoms with Crippen LogP contribution in [0, 0.1) is 11.3 Å². The minimum atomic E-state index is 0.628. The SMILES string of the molecule is CN(C)c1ccc(-c2nn(-c3ccccc3C#N)c3c2CCCCN3)cc1. The summed E-state index contributed by atoms with van der Waals surface area (Å²) in [4.78, 5) is 2.09. The molecule has 3 aromatic rings. The van der Waals surface area contributed by atoms with Gasteiger partial charge in [0.25, 0.3) is 0 Å². The number of nitrogens with one attached hydrogen (secondary N) is 1. The van der Waals surface area contributed by atoms with E-state index >= 15 is 0 Å². The highest BCUT2D eigenvalue weighted by Crippen LogP contribution is 2.35. The van der Waals surface area contributed by atoms with Gasteiger partial charge < -0.3 is 10.2 Å². The van der Waals surface area contributed by atoms with Crippen LogP contribution in [0.25, 0.3) is 16.9 Å². The Kier molecular flexibility index (Phi) is 4.55. The van der Waals surface area contributed by atoms with Crippen molar-refractivity contribution in [3.05, 3.63) is 59.7 Å². The van der Waals surface area contributed by atoms with E-state index in [1.165, 1.54) is 5.56 Å². The first-order chi connectivity index (χ1) is 13.2. The number of fused-ring (bicyclic) bond motifs is 1.